The minimum atomic E-state index is 0.248. The van der Waals surface area contributed by atoms with Crippen molar-refractivity contribution < 1.29 is 0 Å². The second-order valence-electron chi connectivity index (χ2n) is 2.00. The first kappa shape index (κ1) is 8.77. The molecule has 0 aromatic carbocycles. The van der Waals surface area contributed by atoms with Gasteiger partial charge < -0.3 is 0 Å². The average molecular weight is 221 g/mol. The van der Waals surface area contributed by atoms with Crippen LogP contribution in [0.3, 0.4) is 0 Å². The summed E-state index contributed by atoms with van der Waals surface area (Å²) in [5.41, 5.74) is 0.688. The van der Waals surface area contributed by atoms with Crippen molar-refractivity contribution in [1.82, 2.24) is 4.98 Å². The largest absolute Gasteiger partial charge is 0.247 e. The third-order valence-electron chi connectivity index (χ3n) is 1.11. The number of hydrogen-bond acceptors (Lipinski definition) is 2. The quantitative estimate of drug-likeness (QED) is 0.629. The van der Waals surface area contributed by atoms with Crippen LogP contribution < -0.4 is 0 Å². The molecule has 1 rings (SSSR count). The van der Waals surface area contributed by atoms with E-state index in [4.69, 9.17) is 5.26 Å². The minimum Gasteiger partial charge on any atom is -0.247 e. The van der Waals surface area contributed by atoms with Crippen molar-refractivity contribution in [3.63, 3.8) is 0 Å². The van der Waals surface area contributed by atoms with Gasteiger partial charge in [0.2, 0.25) is 0 Å². The predicted molar refractivity (Wildman–Crippen MR) is 49.0 cm³/mol. The van der Waals surface area contributed by atoms with Gasteiger partial charge in [-0.05, 0) is 34.0 Å². The molecule has 1 heterocycles. The Morgan fingerprint density at radius 2 is 2.33 bits per heavy atom. The van der Waals surface area contributed by atoms with E-state index in [2.05, 4.69) is 32.8 Å². The molecule has 0 N–H and O–H groups in total. The number of aromatic nitrogens is 1. The fourth-order valence-corrected chi connectivity index (χ4v) is 0.859. The standard InChI is InChI=1S/C9H5BrN2/c10-8-4-5-9(12-7-8)3-1-2-6-11/h4-5,7H,2H2. The monoisotopic (exact) mass is 220 g/mol. The molecule has 12 heavy (non-hydrogen) atoms. The smallest absolute Gasteiger partial charge is 0.113 e. The molecule has 58 valence electrons. The Labute approximate surface area is 79.4 Å². The van der Waals surface area contributed by atoms with Gasteiger partial charge in [0.1, 0.15) is 5.69 Å². The lowest BCUT2D eigenvalue weighted by Crippen LogP contribution is -1.79. The Kier molecular flexibility index (Phi) is 3.32. The van der Waals surface area contributed by atoms with Gasteiger partial charge in [-0.1, -0.05) is 5.92 Å². The third kappa shape index (κ3) is 2.74. The van der Waals surface area contributed by atoms with E-state index in [1.807, 2.05) is 12.1 Å². The normalized spacial score (nSPS) is 8.00. The van der Waals surface area contributed by atoms with Crippen molar-refractivity contribution >= 4 is 15.9 Å². The van der Waals surface area contributed by atoms with E-state index in [9.17, 15) is 0 Å². The van der Waals surface area contributed by atoms with Crippen molar-refractivity contribution in [1.29, 1.82) is 5.26 Å². The van der Waals surface area contributed by atoms with Gasteiger partial charge in [0, 0.05) is 10.7 Å². The Morgan fingerprint density at radius 3 is 2.92 bits per heavy atom. The lowest BCUT2D eigenvalue weighted by atomic mass is 10.3. The van der Waals surface area contributed by atoms with Crippen LogP contribution in [0.4, 0.5) is 0 Å². The van der Waals surface area contributed by atoms with Crippen LogP contribution in [0, 0.1) is 23.2 Å². The van der Waals surface area contributed by atoms with Crippen LogP contribution in [0.25, 0.3) is 0 Å². The highest BCUT2D eigenvalue weighted by Crippen LogP contribution is 2.06. The maximum absolute atomic E-state index is 8.21. The minimum absolute atomic E-state index is 0.248. The maximum Gasteiger partial charge on any atom is 0.113 e. The van der Waals surface area contributed by atoms with Gasteiger partial charge in [0.05, 0.1) is 12.5 Å². The summed E-state index contributed by atoms with van der Waals surface area (Å²) in [6, 6.07) is 5.60. The molecular weight excluding hydrogens is 216 g/mol. The van der Waals surface area contributed by atoms with Crippen LogP contribution in [-0.4, -0.2) is 4.98 Å². The summed E-state index contributed by atoms with van der Waals surface area (Å²) in [5, 5.41) is 8.21. The molecule has 3 heteroatoms. The highest BCUT2D eigenvalue weighted by Gasteiger charge is 1.87. The summed E-state index contributed by atoms with van der Waals surface area (Å²) < 4.78 is 0.924. The van der Waals surface area contributed by atoms with Crippen molar-refractivity contribution in [2.45, 2.75) is 6.42 Å². The molecule has 0 saturated heterocycles. The van der Waals surface area contributed by atoms with Crippen LogP contribution in [0.5, 0.6) is 0 Å². The van der Waals surface area contributed by atoms with Crippen LogP contribution in [-0.2, 0) is 0 Å². The maximum atomic E-state index is 8.21. The van der Waals surface area contributed by atoms with Crippen molar-refractivity contribution in [3.8, 4) is 17.9 Å². The molecule has 0 aliphatic rings. The first-order valence-corrected chi connectivity index (χ1v) is 4.09. The van der Waals surface area contributed by atoms with Gasteiger partial charge in [-0.25, -0.2) is 4.98 Å². The van der Waals surface area contributed by atoms with Crippen LogP contribution in [0.15, 0.2) is 22.8 Å². The number of nitriles is 1. The lowest BCUT2D eigenvalue weighted by Gasteiger charge is -1.88. The average Bonchev–Trinajstić information content (AvgIpc) is 2.09. The Morgan fingerprint density at radius 1 is 1.50 bits per heavy atom. The molecule has 0 unspecified atom stereocenters. The zero-order valence-corrected chi connectivity index (χ0v) is 7.80. The second-order valence-corrected chi connectivity index (χ2v) is 2.91. The van der Waals surface area contributed by atoms with Crippen molar-refractivity contribution in [3.05, 3.63) is 28.5 Å². The number of halogens is 1. The molecule has 0 saturated carbocycles. The van der Waals surface area contributed by atoms with E-state index >= 15 is 0 Å². The summed E-state index contributed by atoms with van der Waals surface area (Å²) in [6.07, 6.45) is 1.92. The topological polar surface area (TPSA) is 36.7 Å². The molecular formula is C9H5BrN2. The van der Waals surface area contributed by atoms with Gasteiger partial charge in [0.25, 0.3) is 0 Å². The Bertz CT molecular complexity index is 351. The summed E-state index contributed by atoms with van der Waals surface area (Å²) >= 11 is 3.26. The van der Waals surface area contributed by atoms with Crippen LogP contribution in [0.1, 0.15) is 12.1 Å². The molecule has 0 aliphatic heterocycles. The fourth-order valence-electron chi connectivity index (χ4n) is 0.624. The molecule has 0 spiro atoms. The number of pyridine rings is 1. The summed E-state index contributed by atoms with van der Waals surface area (Å²) in [7, 11) is 0. The van der Waals surface area contributed by atoms with Crippen LogP contribution >= 0.6 is 15.9 Å². The number of hydrogen-bond donors (Lipinski definition) is 0. The molecule has 0 amide bonds. The van der Waals surface area contributed by atoms with E-state index in [1.54, 1.807) is 12.3 Å². The van der Waals surface area contributed by atoms with Gasteiger partial charge in [-0.15, -0.1) is 0 Å². The highest BCUT2D eigenvalue weighted by atomic mass is 79.9. The molecule has 2 nitrogen and oxygen atoms in total. The van der Waals surface area contributed by atoms with E-state index in [0.29, 0.717) is 5.69 Å². The molecule has 0 radical (unpaired) electrons. The first-order chi connectivity index (χ1) is 5.83. The van der Waals surface area contributed by atoms with Gasteiger partial charge in [0.15, 0.2) is 0 Å². The fraction of sp³-hybridized carbons (Fsp3) is 0.111. The zero-order valence-electron chi connectivity index (χ0n) is 6.21. The van der Waals surface area contributed by atoms with Crippen molar-refractivity contribution in [2.24, 2.45) is 0 Å². The number of rotatable bonds is 0. The van der Waals surface area contributed by atoms with E-state index in [0.717, 1.165) is 4.47 Å². The molecule has 0 fully saturated rings. The molecule has 0 aliphatic carbocycles. The van der Waals surface area contributed by atoms with Crippen molar-refractivity contribution in [2.75, 3.05) is 0 Å². The van der Waals surface area contributed by atoms with Gasteiger partial charge >= 0.3 is 0 Å². The van der Waals surface area contributed by atoms with E-state index < -0.39 is 0 Å². The first-order valence-electron chi connectivity index (χ1n) is 3.30. The van der Waals surface area contributed by atoms with E-state index in [-0.39, 0.29) is 6.42 Å². The number of nitrogens with zero attached hydrogens (tertiary/aromatic N) is 2. The molecule has 1 aromatic rings. The van der Waals surface area contributed by atoms with Gasteiger partial charge in [-0.3, -0.25) is 0 Å². The summed E-state index contributed by atoms with van der Waals surface area (Å²) in [5.74, 6) is 5.45. The molecule has 0 atom stereocenters. The summed E-state index contributed by atoms with van der Waals surface area (Å²) in [6.45, 7) is 0. The SMILES string of the molecule is N#CCC#Cc1ccc(Br)cn1. The third-order valence-corrected chi connectivity index (χ3v) is 1.58. The zero-order chi connectivity index (χ0) is 8.81. The Hall–Kier alpha value is -1.32. The lowest BCUT2D eigenvalue weighted by molar-refractivity contribution is 1.27. The van der Waals surface area contributed by atoms with Gasteiger partial charge in [-0.2, -0.15) is 5.26 Å². The summed E-state index contributed by atoms with van der Waals surface area (Å²) in [4.78, 5) is 4.02. The molecule has 1 aromatic heterocycles. The predicted octanol–water partition coefficient (Wildman–Crippen LogP) is 2.11. The molecule has 0 bridgehead atoms. The highest BCUT2D eigenvalue weighted by molar-refractivity contribution is 9.10. The second kappa shape index (κ2) is 4.54. The van der Waals surface area contributed by atoms with E-state index in [1.165, 1.54) is 0 Å². The van der Waals surface area contributed by atoms with Crippen LogP contribution in [0.2, 0.25) is 0 Å². The Balaban J connectivity index is 2.74.